The van der Waals surface area contributed by atoms with Crippen LogP contribution in [0.1, 0.15) is 15.9 Å². The molecule has 3 nitrogen and oxygen atoms in total. The quantitative estimate of drug-likeness (QED) is 0.615. The van der Waals surface area contributed by atoms with Gasteiger partial charge < -0.3 is 4.90 Å². The lowest BCUT2D eigenvalue weighted by molar-refractivity contribution is 0.0998. The number of amidine groups is 1. The van der Waals surface area contributed by atoms with Gasteiger partial charge in [0, 0.05) is 26.1 Å². The van der Waals surface area contributed by atoms with Crippen LogP contribution in [-0.4, -0.2) is 30.7 Å². The summed E-state index contributed by atoms with van der Waals surface area (Å²) in [6.45, 7) is 0. The molecule has 1 aromatic rings. The molecule has 1 aromatic carbocycles. The molecule has 0 bridgehead atoms. The highest BCUT2D eigenvalue weighted by molar-refractivity contribution is 6.08. The minimum absolute atomic E-state index is 0.129. The number of nitrogens with zero attached hydrogens (tertiary/aromatic N) is 2. The summed E-state index contributed by atoms with van der Waals surface area (Å²) in [7, 11) is 3.81. The molecular formula is C11H12N2O. The van der Waals surface area contributed by atoms with Gasteiger partial charge in [-0.05, 0) is 11.6 Å². The van der Waals surface area contributed by atoms with E-state index in [0.29, 0.717) is 0 Å². The van der Waals surface area contributed by atoms with E-state index in [4.69, 9.17) is 0 Å². The highest BCUT2D eigenvalue weighted by atomic mass is 16.1. The second-order valence-corrected chi connectivity index (χ2v) is 3.56. The van der Waals surface area contributed by atoms with E-state index in [-0.39, 0.29) is 5.91 Å². The molecule has 14 heavy (non-hydrogen) atoms. The lowest BCUT2D eigenvalue weighted by atomic mass is 10.0. The number of hydrogen-bond donors (Lipinski definition) is 0. The van der Waals surface area contributed by atoms with Crippen molar-refractivity contribution in [2.75, 3.05) is 14.1 Å². The SMILES string of the molecule is CN(C)C1=NC(=O)c2ccccc2C1. The second-order valence-electron chi connectivity index (χ2n) is 3.56. The summed E-state index contributed by atoms with van der Waals surface area (Å²) < 4.78 is 0. The van der Waals surface area contributed by atoms with Gasteiger partial charge in [0.05, 0.1) is 0 Å². The van der Waals surface area contributed by atoms with E-state index < -0.39 is 0 Å². The highest BCUT2D eigenvalue weighted by Gasteiger charge is 2.19. The Labute approximate surface area is 83.1 Å². The summed E-state index contributed by atoms with van der Waals surface area (Å²) in [5, 5.41) is 0. The average molecular weight is 188 g/mol. The van der Waals surface area contributed by atoms with Crippen LogP contribution in [0.15, 0.2) is 29.3 Å². The first-order valence-electron chi connectivity index (χ1n) is 4.55. The largest absolute Gasteiger partial charge is 0.366 e. The van der Waals surface area contributed by atoms with Crippen LogP contribution in [0.5, 0.6) is 0 Å². The van der Waals surface area contributed by atoms with Crippen LogP contribution < -0.4 is 0 Å². The topological polar surface area (TPSA) is 32.7 Å². The van der Waals surface area contributed by atoms with E-state index >= 15 is 0 Å². The predicted octanol–water partition coefficient (Wildman–Crippen LogP) is 1.34. The van der Waals surface area contributed by atoms with Gasteiger partial charge in [-0.15, -0.1) is 0 Å². The average Bonchev–Trinajstić information content (AvgIpc) is 2.17. The summed E-state index contributed by atoms with van der Waals surface area (Å²) in [6, 6.07) is 7.62. The summed E-state index contributed by atoms with van der Waals surface area (Å²) in [5.41, 5.74) is 1.80. The van der Waals surface area contributed by atoms with Crippen molar-refractivity contribution in [3.8, 4) is 0 Å². The molecule has 72 valence electrons. The number of aliphatic imine (C=N–C) groups is 1. The summed E-state index contributed by atoms with van der Waals surface area (Å²) in [5.74, 6) is 0.698. The molecule has 3 heteroatoms. The number of benzene rings is 1. The van der Waals surface area contributed by atoms with Gasteiger partial charge in [-0.1, -0.05) is 18.2 Å². The maximum atomic E-state index is 11.6. The summed E-state index contributed by atoms with van der Waals surface area (Å²) in [6.07, 6.45) is 0.745. The van der Waals surface area contributed by atoms with Crippen LogP contribution in [0.3, 0.4) is 0 Å². The normalized spacial score (nSPS) is 14.7. The van der Waals surface area contributed by atoms with Gasteiger partial charge in [-0.3, -0.25) is 4.79 Å². The monoisotopic (exact) mass is 188 g/mol. The van der Waals surface area contributed by atoms with Crippen molar-refractivity contribution in [2.24, 2.45) is 4.99 Å². The van der Waals surface area contributed by atoms with Crippen molar-refractivity contribution >= 4 is 11.7 Å². The smallest absolute Gasteiger partial charge is 0.278 e. The lowest BCUT2D eigenvalue weighted by Crippen LogP contribution is -2.29. The van der Waals surface area contributed by atoms with Gasteiger partial charge in [-0.2, -0.15) is 4.99 Å². The van der Waals surface area contributed by atoms with Crippen LogP contribution in [-0.2, 0) is 6.42 Å². The number of fused-ring (bicyclic) bond motifs is 1. The van der Waals surface area contributed by atoms with Crippen molar-refractivity contribution in [1.82, 2.24) is 4.90 Å². The van der Waals surface area contributed by atoms with Crippen LogP contribution >= 0.6 is 0 Å². The van der Waals surface area contributed by atoms with Crippen LogP contribution in [0.2, 0.25) is 0 Å². The predicted molar refractivity (Wildman–Crippen MR) is 55.6 cm³/mol. The molecule has 0 N–H and O–H groups in total. The van der Waals surface area contributed by atoms with E-state index in [1.54, 1.807) is 0 Å². The molecule has 0 aliphatic carbocycles. The molecule has 0 aromatic heterocycles. The minimum Gasteiger partial charge on any atom is -0.366 e. The van der Waals surface area contributed by atoms with E-state index in [1.165, 1.54) is 0 Å². The Hall–Kier alpha value is -1.64. The Balaban J connectivity index is 2.43. The van der Waals surface area contributed by atoms with Gasteiger partial charge in [0.2, 0.25) is 0 Å². The summed E-state index contributed by atoms with van der Waals surface area (Å²) >= 11 is 0. The van der Waals surface area contributed by atoms with Crippen molar-refractivity contribution in [2.45, 2.75) is 6.42 Å². The standard InChI is InChI=1S/C11H12N2O/c1-13(2)10-7-8-5-3-4-6-9(8)11(14)12-10/h3-6H,7H2,1-2H3. The zero-order chi connectivity index (χ0) is 10.1. The molecule has 1 amide bonds. The van der Waals surface area contributed by atoms with Crippen molar-refractivity contribution in [3.63, 3.8) is 0 Å². The van der Waals surface area contributed by atoms with Crippen molar-refractivity contribution in [1.29, 1.82) is 0 Å². The molecule has 0 saturated carbocycles. The fourth-order valence-electron chi connectivity index (χ4n) is 1.53. The molecule has 1 aliphatic rings. The fraction of sp³-hybridized carbons (Fsp3) is 0.273. The van der Waals surface area contributed by atoms with Gasteiger partial charge in [0.25, 0.3) is 5.91 Å². The van der Waals surface area contributed by atoms with Crippen LogP contribution in [0.25, 0.3) is 0 Å². The maximum Gasteiger partial charge on any atom is 0.278 e. The molecule has 1 heterocycles. The first-order chi connectivity index (χ1) is 6.68. The fourth-order valence-corrected chi connectivity index (χ4v) is 1.53. The van der Waals surface area contributed by atoms with Gasteiger partial charge in [0.1, 0.15) is 5.84 Å². The lowest BCUT2D eigenvalue weighted by Gasteiger charge is -2.20. The Bertz CT molecular complexity index is 408. The number of rotatable bonds is 0. The molecule has 0 atom stereocenters. The Morgan fingerprint density at radius 3 is 2.71 bits per heavy atom. The van der Waals surface area contributed by atoms with Crippen molar-refractivity contribution < 1.29 is 4.79 Å². The van der Waals surface area contributed by atoms with E-state index in [2.05, 4.69) is 4.99 Å². The third-order valence-electron chi connectivity index (χ3n) is 2.34. The number of hydrogen-bond acceptors (Lipinski definition) is 2. The third kappa shape index (κ3) is 1.41. The number of carbonyl (C=O) groups is 1. The second kappa shape index (κ2) is 3.25. The third-order valence-corrected chi connectivity index (χ3v) is 2.34. The molecule has 0 saturated heterocycles. The zero-order valence-corrected chi connectivity index (χ0v) is 8.32. The van der Waals surface area contributed by atoms with Crippen molar-refractivity contribution in [3.05, 3.63) is 35.4 Å². The molecular weight excluding hydrogens is 176 g/mol. The minimum atomic E-state index is -0.129. The van der Waals surface area contributed by atoms with Crippen LogP contribution in [0.4, 0.5) is 0 Å². The van der Waals surface area contributed by atoms with Gasteiger partial charge in [-0.25, -0.2) is 0 Å². The first kappa shape index (κ1) is 8.94. The molecule has 0 spiro atoms. The zero-order valence-electron chi connectivity index (χ0n) is 8.32. The molecule has 2 rings (SSSR count). The molecule has 0 radical (unpaired) electrons. The van der Waals surface area contributed by atoms with Gasteiger partial charge in [0.15, 0.2) is 0 Å². The number of likely N-dealkylation sites (N-methyl/N-ethyl adjacent to an activating group) is 1. The summed E-state index contributed by atoms with van der Waals surface area (Å²) in [4.78, 5) is 17.5. The van der Waals surface area contributed by atoms with E-state index in [1.807, 2.05) is 43.3 Å². The van der Waals surface area contributed by atoms with Crippen LogP contribution in [0, 0.1) is 0 Å². The first-order valence-corrected chi connectivity index (χ1v) is 4.55. The Morgan fingerprint density at radius 1 is 1.29 bits per heavy atom. The molecule has 1 aliphatic heterocycles. The number of carbonyl (C=O) groups excluding carboxylic acids is 1. The Kier molecular flexibility index (Phi) is 2.08. The molecule has 0 unspecified atom stereocenters. The number of amides is 1. The van der Waals surface area contributed by atoms with E-state index in [0.717, 1.165) is 23.4 Å². The molecule has 0 fully saturated rings. The maximum absolute atomic E-state index is 11.6. The Morgan fingerprint density at radius 2 is 2.00 bits per heavy atom. The highest BCUT2D eigenvalue weighted by Crippen LogP contribution is 2.16. The van der Waals surface area contributed by atoms with Gasteiger partial charge >= 0.3 is 0 Å². The van der Waals surface area contributed by atoms with E-state index in [9.17, 15) is 4.79 Å².